The van der Waals surface area contributed by atoms with Crippen LogP contribution >= 0.6 is 12.4 Å². The number of aromatic nitrogens is 1. The minimum Gasteiger partial charge on any atom is -0.491 e. The average molecular weight is 279 g/mol. The Balaban J connectivity index is 0.00000180. The minimum atomic E-state index is -0.111. The highest BCUT2D eigenvalue weighted by atomic mass is 35.5. The first-order chi connectivity index (χ1) is 8.65. The van der Waals surface area contributed by atoms with Crippen LogP contribution in [0.15, 0.2) is 42.5 Å². The Morgan fingerprint density at radius 1 is 1.11 bits per heavy atom. The molecule has 1 heterocycles. The van der Waals surface area contributed by atoms with Gasteiger partial charge in [0.15, 0.2) is 0 Å². The number of nitrogens with zero attached hydrogens (tertiary/aromatic N) is 1. The first-order valence-corrected chi connectivity index (χ1v) is 6.04. The zero-order valence-corrected chi connectivity index (χ0v) is 12.0. The van der Waals surface area contributed by atoms with Crippen LogP contribution in [-0.2, 0) is 0 Å². The third-order valence-corrected chi connectivity index (χ3v) is 2.71. The average Bonchev–Trinajstić information content (AvgIpc) is 2.36. The van der Waals surface area contributed by atoms with E-state index in [4.69, 9.17) is 10.5 Å². The molecular weight excluding hydrogens is 260 g/mol. The van der Waals surface area contributed by atoms with E-state index in [-0.39, 0.29) is 18.4 Å². The molecule has 0 aliphatic heterocycles. The fourth-order valence-corrected chi connectivity index (χ4v) is 1.86. The van der Waals surface area contributed by atoms with Crippen LogP contribution in [0.5, 0.6) is 5.75 Å². The van der Waals surface area contributed by atoms with E-state index in [2.05, 4.69) is 4.98 Å². The Bertz CT molecular complexity index is 497. The number of hydrogen-bond donors (Lipinski definition) is 1. The van der Waals surface area contributed by atoms with Gasteiger partial charge in [-0.05, 0) is 19.4 Å². The van der Waals surface area contributed by atoms with Crippen LogP contribution in [0.2, 0.25) is 0 Å². The zero-order chi connectivity index (χ0) is 13.0. The van der Waals surface area contributed by atoms with E-state index >= 15 is 0 Å². The number of benzene rings is 1. The highest BCUT2D eigenvalue weighted by molar-refractivity contribution is 5.85. The van der Waals surface area contributed by atoms with Crippen molar-refractivity contribution in [3.63, 3.8) is 0 Å². The van der Waals surface area contributed by atoms with Gasteiger partial charge < -0.3 is 10.5 Å². The molecule has 0 aliphatic rings. The van der Waals surface area contributed by atoms with Crippen molar-refractivity contribution >= 4 is 12.4 Å². The van der Waals surface area contributed by atoms with Gasteiger partial charge in [-0.25, -0.2) is 0 Å². The summed E-state index contributed by atoms with van der Waals surface area (Å²) in [4.78, 5) is 4.31. The van der Waals surface area contributed by atoms with Crippen molar-refractivity contribution in [1.29, 1.82) is 0 Å². The van der Waals surface area contributed by atoms with Crippen LogP contribution < -0.4 is 10.5 Å². The Morgan fingerprint density at radius 3 is 2.26 bits per heavy atom. The van der Waals surface area contributed by atoms with Crippen LogP contribution in [0.1, 0.15) is 23.0 Å². The number of hydrogen-bond acceptors (Lipinski definition) is 3. The van der Waals surface area contributed by atoms with Crippen LogP contribution in [0.3, 0.4) is 0 Å². The number of nitrogens with two attached hydrogens (primary N) is 1. The summed E-state index contributed by atoms with van der Waals surface area (Å²) in [6.07, 6.45) is 0. The van der Waals surface area contributed by atoms with Crippen LogP contribution in [0.25, 0.3) is 0 Å². The van der Waals surface area contributed by atoms with Gasteiger partial charge in [-0.15, -0.1) is 12.4 Å². The van der Waals surface area contributed by atoms with E-state index in [1.54, 1.807) is 0 Å². The SMILES string of the molecule is Cc1cc(OCC(N)c2ccccc2)cc(C)n1.Cl. The van der Waals surface area contributed by atoms with Crippen molar-refractivity contribution in [3.05, 3.63) is 59.4 Å². The number of aryl methyl sites for hydroxylation is 2. The van der Waals surface area contributed by atoms with Gasteiger partial charge in [0.25, 0.3) is 0 Å². The van der Waals surface area contributed by atoms with Crippen molar-refractivity contribution in [3.8, 4) is 5.75 Å². The van der Waals surface area contributed by atoms with Gasteiger partial charge in [0.2, 0.25) is 0 Å². The van der Waals surface area contributed by atoms with Crippen molar-refractivity contribution in [1.82, 2.24) is 4.98 Å². The fourth-order valence-electron chi connectivity index (χ4n) is 1.86. The second kappa shape index (κ2) is 7.12. The van der Waals surface area contributed by atoms with Gasteiger partial charge in [-0.2, -0.15) is 0 Å². The molecule has 0 fully saturated rings. The second-order valence-corrected chi connectivity index (χ2v) is 4.41. The predicted molar refractivity (Wildman–Crippen MR) is 79.8 cm³/mol. The maximum atomic E-state index is 6.08. The molecule has 3 nitrogen and oxygen atoms in total. The highest BCUT2D eigenvalue weighted by Crippen LogP contribution is 2.16. The molecule has 0 saturated carbocycles. The predicted octanol–water partition coefficient (Wildman–Crippen LogP) is 3.20. The molecule has 0 saturated heterocycles. The standard InChI is InChI=1S/C15H18N2O.ClH/c1-11-8-14(9-12(2)17-11)18-10-15(16)13-6-4-3-5-7-13;/h3-9,15H,10,16H2,1-2H3;1H. The Hall–Kier alpha value is -1.58. The molecule has 19 heavy (non-hydrogen) atoms. The smallest absolute Gasteiger partial charge is 0.123 e. The van der Waals surface area contributed by atoms with Gasteiger partial charge in [-0.3, -0.25) is 4.98 Å². The van der Waals surface area contributed by atoms with Crippen molar-refractivity contribution < 1.29 is 4.74 Å². The summed E-state index contributed by atoms with van der Waals surface area (Å²) in [7, 11) is 0. The summed E-state index contributed by atoms with van der Waals surface area (Å²) in [6.45, 7) is 4.38. The molecule has 1 aromatic carbocycles. The Morgan fingerprint density at radius 2 is 1.68 bits per heavy atom. The van der Waals surface area contributed by atoms with E-state index in [9.17, 15) is 0 Å². The highest BCUT2D eigenvalue weighted by Gasteiger charge is 2.06. The van der Waals surface area contributed by atoms with Crippen molar-refractivity contribution in [2.24, 2.45) is 5.73 Å². The molecule has 0 aliphatic carbocycles. The Labute approximate surface area is 120 Å². The fraction of sp³-hybridized carbons (Fsp3) is 0.267. The molecule has 0 bridgehead atoms. The molecule has 0 radical (unpaired) electrons. The van der Waals surface area contributed by atoms with E-state index in [0.717, 1.165) is 22.7 Å². The third kappa shape index (κ3) is 4.54. The zero-order valence-electron chi connectivity index (χ0n) is 11.2. The monoisotopic (exact) mass is 278 g/mol. The van der Waals surface area contributed by atoms with Crippen LogP contribution in [0, 0.1) is 13.8 Å². The number of rotatable bonds is 4. The largest absolute Gasteiger partial charge is 0.491 e. The molecule has 1 unspecified atom stereocenters. The van der Waals surface area contributed by atoms with E-state index in [0.29, 0.717) is 6.61 Å². The van der Waals surface area contributed by atoms with Gasteiger partial charge in [0, 0.05) is 23.5 Å². The first-order valence-electron chi connectivity index (χ1n) is 6.04. The summed E-state index contributed by atoms with van der Waals surface area (Å²) in [5.41, 5.74) is 9.08. The summed E-state index contributed by atoms with van der Waals surface area (Å²) < 4.78 is 5.72. The van der Waals surface area contributed by atoms with Gasteiger partial charge in [0.1, 0.15) is 12.4 Å². The van der Waals surface area contributed by atoms with E-state index in [1.165, 1.54) is 0 Å². The van der Waals surface area contributed by atoms with Crippen LogP contribution in [-0.4, -0.2) is 11.6 Å². The van der Waals surface area contributed by atoms with E-state index in [1.807, 2.05) is 56.3 Å². The number of halogens is 1. The lowest BCUT2D eigenvalue weighted by atomic mass is 10.1. The lowest BCUT2D eigenvalue weighted by molar-refractivity contribution is 0.290. The molecule has 0 amide bonds. The summed E-state index contributed by atoms with van der Waals surface area (Å²) in [5.74, 6) is 0.825. The number of pyridine rings is 1. The minimum absolute atomic E-state index is 0. The molecule has 1 atom stereocenters. The van der Waals surface area contributed by atoms with Crippen LogP contribution in [0.4, 0.5) is 0 Å². The van der Waals surface area contributed by atoms with Gasteiger partial charge in [0.05, 0.1) is 6.04 Å². The molecule has 2 aromatic rings. The molecule has 2 rings (SSSR count). The van der Waals surface area contributed by atoms with E-state index < -0.39 is 0 Å². The normalized spacial score (nSPS) is 11.5. The topological polar surface area (TPSA) is 48.1 Å². The lowest BCUT2D eigenvalue weighted by Crippen LogP contribution is -2.19. The maximum Gasteiger partial charge on any atom is 0.123 e. The molecule has 0 spiro atoms. The van der Waals surface area contributed by atoms with Crippen molar-refractivity contribution in [2.75, 3.05) is 6.61 Å². The second-order valence-electron chi connectivity index (χ2n) is 4.41. The molecule has 2 N–H and O–H groups in total. The lowest BCUT2D eigenvalue weighted by Gasteiger charge is -2.14. The summed E-state index contributed by atoms with van der Waals surface area (Å²) in [5, 5.41) is 0. The molecular formula is C15H19ClN2O. The molecule has 1 aromatic heterocycles. The van der Waals surface area contributed by atoms with Crippen molar-refractivity contribution in [2.45, 2.75) is 19.9 Å². The number of ether oxygens (including phenoxy) is 1. The summed E-state index contributed by atoms with van der Waals surface area (Å²) in [6, 6.07) is 13.7. The quantitative estimate of drug-likeness (QED) is 0.934. The maximum absolute atomic E-state index is 6.08. The molecule has 4 heteroatoms. The third-order valence-electron chi connectivity index (χ3n) is 2.71. The first kappa shape index (κ1) is 15.5. The van der Waals surface area contributed by atoms with Gasteiger partial charge >= 0.3 is 0 Å². The Kier molecular flexibility index (Phi) is 5.80. The summed E-state index contributed by atoms with van der Waals surface area (Å²) >= 11 is 0. The molecule has 102 valence electrons. The van der Waals surface area contributed by atoms with Gasteiger partial charge in [-0.1, -0.05) is 30.3 Å².